The number of hydrogen-bond donors (Lipinski definition) is 2. The predicted molar refractivity (Wildman–Crippen MR) is 59.0 cm³/mol. The highest BCUT2D eigenvalue weighted by atomic mass is 35.5. The quantitative estimate of drug-likeness (QED) is 0.813. The van der Waals surface area contributed by atoms with E-state index in [1.807, 2.05) is 6.92 Å². The van der Waals surface area contributed by atoms with Gasteiger partial charge in [0.15, 0.2) is 0 Å². The molecule has 1 aromatic rings. The molecule has 0 radical (unpaired) electrons. The van der Waals surface area contributed by atoms with Crippen molar-refractivity contribution in [3.8, 4) is 5.75 Å². The molecule has 1 aliphatic carbocycles. The summed E-state index contributed by atoms with van der Waals surface area (Å²) >= 11 is 5.65. The van der Waals surface area contributed by atoms with Crippen LogP contribution in [0.4, 0.5) is 5.69 Å². The van der Waals surface area contributed by atoms with E-state index in [-0.39, 0.29) is 22.6 Å². The number of rotatable bonds is 2. The van der Waals surface area contributed by atoms with E-state index in [2.05, 4.69) is 5.32 Å². The van der Waals surface area contributed by atoms with Crippen molar-refractivity contribution >= 4 is 23.2 Å². The van der Waals surface area contributed by atoms with E-state index in [4.69, 9.17) is 11.6 Å². The predicted octanol–water partition coefficient (Wildman–Crippen LogP) is 2.64. The Morgan fingerprint density at radius 2 is 2.27 bits per heavy atom. The first-order valence-corrected chi connectivity index (χ1v) is 5.25. The van der Waals surface area contributed by atoms with Gasteiger partial charge in [-0.2, -0.15) is 0 Å². The van der Waals surface area contributed by atoms with E-state index in [0.29, 0.717) is 11.6 Å². The number of carbonyl (C=O) groups is 1. The van der Waals surface area contributed by atoms with Crippen LogP contribution in [-0.4, -0.2) is 11.0 Å². The Balaban J connectivity index is 2.04. The van der Waals surface area contributed by atoms with Gasteiger partial charge in [-0.3, -0.25) is 4.79 Å². The third-order valence-corrected chi connectivity index (χ3v) is 2.98. The zero-order chi connectivity index (χ0) is 11.0. The average Bonchev–Trinajstić information content (AvgIpc) is 2.89. The third kappa shape index (κ3) is 2.23. The van der Waals surface area contributed by atoms with Crippen molar-refractivity contribution in [2.75, 3.05) is 5.32 Å². The van der Waals surface area contributed by atoms with Gasteiger partial charge in [-0.25, -0.2) is 0 Å². The molecule has 3 nitrogen and oxygen atoms in total. The molecule has 0 spiro atoms. The summed E-state index contributed by atoms with van der Waals surface area (Å²) in [6.07, 6.45) is 0.950. The smallest absolute Gasteiger partial charge is 0.227 e. The minimum Gasteiger partial charge on any atom is -0.506 e. The van der Waals surface area contributed by atoms with Crippen molar-refractivity contribution in [1.29, 1.82) is 0 Å². The Kier molecular flexibility index (Phi) is 2.57. The fraction of sp³-hybridized carbons (Fsp3) is 0.364. The molecule has 4 heteroatoms. The number of nitrogens with one attached hydrogen (secondary N) is 1. The van der Waals surface area contributed by atoms with Crippen LogP contribution in [0.25, 0.3) is 0 Å². The van der Waals surface area contributed by atoms with Crippen molar-refractivity contribution in [3.63, 3.8) is 0 Å². The summed E-state index contributed by atoms with van der Waals surface area (Å²) in [6, 6.07) is 4.68. The lowest BCUT2D eigenvalue weighted by Crippen LogP contribution is -2.14. The van der Waals surface area contributed by atoms with E-state index in [9.17, 15) is 9.90 Å². The highest BCUT2D eigenvalue weighted by Crippen LogP contribution is 2.38. The number of amides is 1. The molecule has 1 saturated carbocycles. The van der Waals surface area contributed by atoms with Gasteiger partial charge in [0.05, 0.1) is 5.02 Å². The summed E-state index contributed by atoms with van der Waals surface area (Å²) in [7, 11) is 0. The molecule has 2 N–H and O–H groups in total. The number of hydrogen-bond acceptors (Lipinski definition) is 2. The summed E-state index contributed by atoms with van der Waals surface area (Å²) in [5.41, 5.74) is 0.584. The van der Waals surface area contributed by atoms with Crippen LogP contribution < -0.4 is 5.32 Å². The maximum absolute atomic E-state index is 11.6. The van der Waals surface area contributed by atoms with Gasteiger partial charge in [0, 0.05) is 17.7 Å². The van der Waals surface area contributed by atoms with E-state index in [0.717, 1.165) is 6.42 Å². The van der Waals surface area contributed by atoms with Crippen LogP contribution in [0.3, 0.4) is 0 Å². The van der Waals surface area contributed by atoms with Crippen molar-refractivity contribution in [1.82, 2.24) is 0 Å². The fourth-order valence-electron chi connectivity index (χ4n) is 1.51. The molecule has 1 amide bonds. The zero-order valence-electron chi connectivity index (χ0n) is 8.33. The maximum Gasteiger partial charge on any atom is 0.227 e. The van der Waals surface area contributed by atoms with Crippen LogP contribution in [0, 0.1) is 11.8 Å². The second-order valence-corrected chi connectivity index (χ2v) is 4.38. The van der Waals surface area contributed by atoms with Crippen molar-refractivity contribution in [2.24, 2.45) is 11.8 Å². The third-order valence-electron chi connectivity index (χ3n) is 2.66. The number of phenols is 1. The lowest BCUT2D eigenvalue weighted by atomic mass is 10.2. The largest absolute Gasteiger partial charge is 0.506 e. The lowest BCUT2D eigenvalue weighted by Gasteiger charge is -2.05. The normalized spacial score (nSPS) is 23.6. The molecule has 1 aromatic carbocycles. The summed E-state index contributed by atoms with van der Waals surface area (Å²) in [5, 5.41) is 12.4. The topological polar surface area (TPSA) is 49.3 Å². The highest BCUT2D eigenvalue weighted by Gasteiger charge is 2.39. The Morgan fingerprint density at radius 1 is 1.60 bits per heavy atom. The van der Waals surface area contributed by atoms with Crippen LogP contribution in [0.5, 0.6) is 5.75 Å². The maximum atomic E-state index is 11.6. The highest BCUT2D eigenvalue weighted by molar-refractivity contribution is 6.32. The molecular weight excluding hydrogens is 214 g/mol. The second-order valence-electron chi connectivity index (χ2n) is 3.97. The Hall–Kier alpha value is -1.22. The molecule has 0 aromatic heterocycles. The molecule has 15 heavy (non-hydrogen) atoms. The van der Waals surface area contributed by atoms with Gasteiger partial charge in [-0.1, -0.05) is 18.5 Å². The molecule has 2 atom stereocenters. The first kappa shape index (κ1) is 10.3. The second kappa shape index (κ2) is 3.74. The van der Waals surface area contributed by atoms with Crippen LogP contribution in [0.15, 0.2) is 18.2 Å². The SMILES string of the molecule is CC1CC1C(=O)Nc1ccc(Cl)c(O)c1. The monoisotopic (exact) mass is 225 g/mol. The van der Waals surface area contributed by atoms with Gasteiger partial charge in [0.2, 0.25) is 5.91 Å². The van der Waals surface area contributed by atoms with Gasteiger partial charge in [0.25, 0.3) is 0 Å². The van der Waals surface area contributed by atoms with Crippen LogP contribution in [0.1, 0.15) is 13.3 Å². The van der Waals surface area contributed by atoms with Gasteiger partial charge in [-0.05, 0) is 24.5 Å². The number of phenolic OH excluding ortho intramolecular Hbond substituents is 1. The van der Waals surface area contributed by atoms with Gasteiger partial charge in [-0.15, -0.1) is 0 Å². The van der Waals surface area contributed by atoms with E-state index >= 15 is 0 Å². The number of anilines is 1. The molecule has 0 aliphatic heterocycles. The molecule has 0 heterocycles. The molecule has 1 aliphatic rings. The lowest BCUT2D eigenvalue weighted by molar-refractivity contribution is -0.117. The number of benzene rings is 1. The van der Waals surface area contributed by atoms with E-state index in [1.54, 1.807) is 12.1 Å². The summed E-state index contributed by atoms with van der Waals surface area (Å²) in [4.78, 5) is 11.6. The fourth-order valence-corrected chi connectivity index (χ4v) is 1.63. The van der Waals surface area contributed by atoms with Crippen LogP contribution in [0.2, 0.25) is 5.02 Å². The number of carbonyl (C=O) groups excluding carboxylic acids is 1. The number of halogens is 1. The molecular formula is C11H12ClNO2. The van der Waals surface area contributed by atoms with Crippen molar-refractivity contribution < 1.29 is 9.90 Å². The minimum atomic E-state index is -0.0155. The molecule has 0 bridgehead atoms. The Bertz CT molecular complexity index is 406. The molecule has 2 unspecified atom stereocenters. The Labute approximate surface area is 93.1 Å². The van der Waals surface area contributed by atoms with Crippen LogP contribution in [-0.2, 0) is 4.79 Å². The van der Waals surface area contributed by atoms with Crippen molar-refractivity contribution in [3.05, 3.63) is 23.2 Å². The van der Waals surface area contributed by atoms with E-state index in [1.165, 1.54) is 6.07 Å². The average molecular weight is 226 g/mol. The van der Waals surface area contributed by atoms with Gasteiger partial charge < -0.3 is 10.4 Å². The standard InChI is InChI=1S/C11H12ClNO2/c1-6-4-8(6)11(15)13-7-2-3-9(12)10(14)5-7/h2-3,5-6,8,14H,4H2,1H3,(H,13,15). The summed E-state index contributed by atoms with van der Waals surface area (Å²) in [5.74, 6) is 0.608. The zero-order valence-corrected chi connectivity index (χ0v) is 9.08. The summed E-state index contributed by atoms with van der Waals surface area (Å²) < 4.78 is 0. The first-order valence-electron chi connectivity index (χ1n) is 4.87. The molecule has 1 fully saturated rings. The van der Waals surface area contributed by atoms with Crippen LogP contribution >= 0.6 is 11.6 Å². The molecule has 0 saturated heterocycles. The molecule has 2 rings (SSSR count). The van der Waals surface area contributed by atoms with Crippen molar-refractivity contribution in [2.45, 2.75) is 13.3 Å². The van der Waals surface area contributed by atoms with Gasteiger partial charge in [0.1, 0.15) is 5.75 Å². The van der Waals surface area contributed by atoms with Gasteiger partial charge >= 0.3 is 0 Å². The minimum absolute atomic E-state index is 0.0155. The van der Waals surface area contributed by atoms with E-state index < -0.39 is 0 Å². The Morgan fingerprint density at radius 3 is 2.80 bits per heavy atom. The first-order chi connectivity index (χ1) is 7.08. The summed E-state index contributed by atoms with van der Waals surface area (Å²) in [6.45, 7) is 2.05. The number of aromatic hydroxyl groups is 1. The molecule has 80 valence electrons.